The number of hydrogen-bond donors (Lipinski definition) is 0. The van der Waals surface area contributed by atoms with E-state index in [1.54, 1.807) is 0 Å². The molecule has 0 saturated carbocycles. The Labute approximate surface area is 429 Å². The van der Waals surface area contributed by atoms with Gasteiger partial charge in [-0.1, -0.05) is 217 Å². The molecule has 0 unspecified atom stereocenters. The second-order valence-electron chi connectivity index (χ2n) is 17.4. The lowest BCUT2D eigenvalue weighted by molar-refractivity contribution is -0.166. The van der Waals surface area contributed by atoms with Gasteiger partial charge in [-0.15, -0.1) is 0 Å². The summed E-state index contributed by atoms with van der Waals surface area (Å²) in [5.74, 6) is -1.07. The molecule has 390 valence electrons. The van der Waals surface area contributed by atoms with Crippen molar-refractivity contribution in [3.05, 3.63) is 158 Å². The maximum absolute atomic E-state index is 12.8. The quantitative estimate of drug-likeness (QED) is 0.0262. The summed E-state index contributed by atoms with van der Waals surface area (Å²) in [5, 5.41) is 0. The third-order valence-corrected chi connectivity index (χ3v) is 10.8. The van der Waals surface area contributed by atoms with Crippen LogP contribution in [-0.4, -0.2) is 37.2 Å². The summed E-state index contributed by atoms with van der Waals surface area (Å²) in [6, 6.07) is 0. The van der Waals surface area contributed by atoms with Crippen LogP contribution < -0.4 is 0 Å². The van der Waals surface area contributed by atoms with Crippen molar-refractivity contribution in [2.75, 3.05) is 13.2 Å². The SMILES string of the molecule is CC/C=C/C/C=C/C/C=C/C/C=C/C/C=C/C/C=C/CCC(=O)OC[C@@H](COC(=O)CCCCCCC/C=C/C/C=C/CCCC)OC(=O)CCCCC/C=C/C/C=C/C/C=C/C/C=C/C/C=C/CC. The fourth-order valence-corrected chi connectivity index (χ4v) is 6.69. The van der Waals surface area contributed by atoms with Crippen LogP contribution >= 0.6 is 0 Å². The van der Waals surface area contributed by atoms with Gasteiger partial charge in [0.1, 0.15) is 13.2 Å². The molecule has 0 rings (SSSR count). The molecular formula is C64H98O6. The Hall–Kier alpha value is -4.97. The smallest absolute Gasteiger partial charge is 0.306 e. The van der Waals surface area contributed by atoms with Gasteiger partial charge in [0, 0.05) is 19.3 Å². The molecule has 0 spiro atoms. The van der Waals surface area contributed by atoms with E-state index in [0.29, 0.717) is 19.3 Å². The fourth-order valence-electron chi connectivity index (χ4n) is 6.69. The lowest BCUT2D eigenvalue weighted by Crippen LogP contribution is -2.30. The average Bonchev–Trinajstić information content (AvgIpc) is 3.36. The molecule has 1 atom stereocenters. The fraction of sp³-hybridized carbons (Fsp3) is 0.547. The zero-order valence-corrected chi connectivity index (χ0v) is 44.5. The van der Waals surface area contributed by atoms with E-state index in [0.717, 1.165) is 135 Å². The predicted octanol–water partition coefficient (Wildman–Crippen LogP) is 18.6. The van der Waals surface area contributed by atoms with E-state index < -0.39 is 6.10 Å². The Morgan fingerprint density at radius 2 is 0.586 bits per heavy atom. The molecule has 0 amide bonds. The van der Waals surface area contributed by atoms with Gasteiger partial charge in [0.2, 0.25) is 0 Å². The zero-order valence-electron chi connectivity index (χ0n) is 44.5. The number of unbranched alkanes of at least 4 members (excludes halogenated alkanes) is 10. The molecule has 6 heteroatoms. The number of carbonyl (C=O) groups excluding carboxylic acids is 3. The summed E-state index contributed by atoms with van der Waals surface area (Å²) in [6.45, 7) is 6.24. The summed E-state index contributed by atoms with van der Waals surface area (Å²) >= 11 is 0. The highest BCUT2D eigenvalue weighted by molar-refractivity contribution is 5.71. The van der Waals surface area contributed by atoms with E-state index in [-0.39, 0.29) is 44.0 Å². The highest BCUT2D eigenvalue weighted by Crippen LogP contribution is 2.11. The highest BCUT2D eigenvalue weighted by atomic mass is 16.6. The first-order valence-corrected chi connectivity index (χ1v) is 27.5. The maximum Gasteiger partial charge on any atom is 0.306 e. The third kappa shape index (κ3) is 54.0. The summed E-state index contributed by atoms with van der Waals surface area (Å²) < 4.78 is 16.7. The standard InChI is InChI=1S/C64H98O6/c1-4-7-10-13-16-19-22-25-28-30-32-34-36-39-42-45-48-51-54-57-63(66)69-60-61(59-68-62(65)56-53-50-47-44-41-38-27-24-21-18-15-12-9-6-3)70-64(67)58-55-52-49-46-43-40-37-35-33-31-29-26-23-20-17-14-11-8-5-2/h7-8,10-11,15-20,24-29,32-35,39-40,42-43,48,51,61H,4-6,9,12-14,21-23,30-31,36-38,41,44-47,49-50,52-60H2,1-3H3/b10-7+,11-8+,18-15+,19-16+,20-17+,27-24+,28-25+,29-26+,34-32+,35-33+,42-39+,43-40+,51-48+/t61-/m1/s1. The van der Waals surface area contributed by atoms with Crippen LogP contribution in [0.2, 0.25) is 0 Å². The molecule has 0 radical (unpaired) electrons. The number of ether oxygens (including phenoxy) is 3. The van der Waals surface area contributed by atoms with E-state index in [1.807, 2.05) is 12.2 Å². The topological polar surface area (TPSA) is 78.9 Å². The second kappa shape index (κ2) is 56.6. The molecule has 0 aromatic rings. The molecule has 0 N–H and O–H groups in total. The van der Waals surface area contributed by atoms with Gasteiger partial charge < -0.3 is 14.2 Å². The third-order valence-electron chi connectivity index (χ3n) is 10.8. The predicted molar refractivity (Wildman–Crippen MR) is 302 cm³/mol. The van der Waals surface area contributed by atoms with Gasteiger partial charge in [-0.2, -0.15) is 0 Å². The van der Waals surface area contributed by atoms with Crippen LogP contribution in [0.25, 0.3) is 0 Å². The normalized spacial score (nSPS) is 13.4. The molecule has 0 fully saturated rings. The second-order valence-corrected chi connectivity index (χ2v) is 17.4. The lowest BCUT2D eigenvalue weighted by atomic mass is 10.1. The largest absolute Gasteiger partial charge is 0.462 e. The minimum atomic E-state index is -0.840. The number of rotatable bonds is 47. The van der Waals surface area contributed by atoms with E-state index in [1.165, 1.54) is 19.3 Å². The Bertz CT molecular complexity index is 1620. The van der Waals surface area contributed by atoms with Crippen LogP contribution in [-0.2, 0) is 28.6 Å². The van der Waals surface area contributed by atoms with Crippen LogP contribution in [0, 0.1) is 0 Å². The monoisotopic (exact) mass is 963 g/mol. The number of carbonyl (C=O) groups is 3. The van der Waals surface area contributed by atoms with Crippen molar-refractivity contribution in [2.24, 2.45) is 0 Å². The van der Waals surface area contributed by atoms with Gasteiger partial charge in [0.15, 0.2) is 6.10 Å². The van der Waals surface area contributed by atoms with Crippen molar-refractivity contribution in [2.45, 2.75) is 213 Å². The maximum atomic E-state index is 12.8. The average molecular weight is 963 g/mol. The van der Waals surface area contributed by atoms with Gasteiger partial charge in [0.05, 0.1) is 0 Å². The first-order valence-electron chi connectivity index (χ1n) is 27.5. The molecule has 0 aliphatic rings. The van der Waals surface area contributed by atoms with Gasteiger partial charge in [-0.05, 0) is 128 Å². The van der Waals surface area contributed by atoms with Crippen molar-refractivity contribution in [1.29, 1.82) is 0 Å². The van der Waals surface area contributed by atoms with Crippen LogP contribution in [0.4, 0.5) is 0 Å². The van der Waals surface area contributed by atoms with Crippen LogP contribution in [0.15, 0.2) is 158 Å². The van der Waals surface area contributed by atoms with Gasteiger partial charge >= 0.3 is 17.9 Å². The summed E-state index contributed by atoms with van der Waals surface area (Å²) in [5.41, 5.74) is 0. The molecule has 6 nitrogen and oxygen atoms in total. The van der Waals surface area contributed by atoms with E-state index in [2.05, 4.69) is 167 Å². The van der Waals surface area contributed by atoms with Crippen LogP contribution in [0.5, 0.6) is 0 Å². The summed E-state index contributed by atoms with van der Waals surface area (Å²) in [7, 11) is 0. The summed E-state index contributed by atoms with van der Waals surface area (Å²) in [6.07, 6.45) is 82.4. The zero-order chi connectivity index (χ0) is 50.7. The van der Waals surface area contributed by atoms with Gasteiger partial charge in [-0.3, -0.25) is 14.4 Å². The highest BCUT2D eigenvalue weighted by Gasteiger charge is 2.19. The van der Waals surface area contributed by atoms with Gasteiger partial charge in [0.25, 0.3) is 0 Å². The van der Waals surface area contributed by atoms with E-state index >= 15 is 0 Å². The van der Waals surface area contributed by atoms with Crippen molar-refractivity contribution < 1.29 is 28.6 Å². The van der Waals surface area contributed by atoms with Crippen LogP contribution in [0.3, 0.4) is 0 Å². The Balaban J connectivity index is 4.62. The number of esters is 3. The number of allylic oxidation sites excluding steroid dienone is 26. The lowest BCUT2D eigenvalue weighted by Gasteiger charge is -2.18. The first kappa shape index (κ1) is 65.0. The molecule has 0 bridgehead atoms. The molecule has 0 aromatic heterocycles. The van der Waals surface area contributed by atoms with Crippen LogP contribution in [0.1, 0.15) is 207 Å². The molecule has 70 heavy (non-hydrogen) atoms. The van der Waals surface area contributed by atoms with Crippen molar-refractivity contribution in [1.82, 2.24) is 0 Å². The van der Waals surface area contributed by atoms with Crippen molar-refractivity contribution in [3.8, 4) is 0 Å². The minimum Gasteiger partial charge on any atom is -0.462 e. The minimum absolute atomic E-state index is 0.130. The number of hydrogen-bond acceptors (Lipinski definition) is 6. The van der Waals surface area contributed by atoms with E-state index in [4.69, 9.17) is 14.2 Å². The molecule has 0 saturated heterocycles. The van der Waals surface area contributed by atoms with Gasteiger partial charge in [-0.25, -0.2) is 0 Å². The molecule has 0 aliphatic heterocycles. The molecule has 0 heterocycles. The first-order chi connectivity index (χ1) is 34.5. The molecular weight excluding hydrogens is 865 g/mol. The summed E-state index contributed by atoms with van der Waals surface area (Å²) in [4.78, 5) is 38.1. The van der Waals surface area contributed by atoms with Crippen molar-refractivity contribution in [3.63, 3.8) is 0 Å². The Morgan fingerprint density at radius 1 is 0.300 bits per heavy atom. The van der Waals surface area contributed by atoms with Crippen molar-refractivity contribution >= 4 is 17.9 Å². The Morgan fingerprint density at radius 3 is 0.971 bits per heavy atom. The van der Waals surface area contributed by atoms with E-state index in [9.17, 15) is 14.4 Å². The molecule has 0 aromatic carbocycles. The molecule has 0 aliphatic carbocycles. The Kier molecular flexibility index (Phi) is 52.6.